The van der Waals surface area contributed by atoms with E-state index in [1.807, 2.05) is 127 Å². The number of hydrogen-bond acceptors (Lipinski definition) is 7. The van der Waals surface area contributed by atoms with E-state index >= 15 is 0 Å². The van der Waals surface area contributed by atoms with Crippen LogP contribution in [0, 0.1) is 22.7 Å². The lowest BCUT2D eigenvalue weighted by Crippen LogP contribution is -2.04. The molecule has 0 saturated carbocycles. The van der Waals surface area contributed by atoms with E-state index in [1.165, 1.54) is 0 Å². The molecule has 0 saturated heterocycles. The number of nitriles is 2. The van der Waals surface area contributed by atoms with Gasteiger partial charge in [0.15, 0.2) is 17.5 Å². The Labute approximate surface area is 456 Å². The molecule has 0 radical (unpaired) electrons. The number of nitrogens with zero attached hydrogens (tertiary/aromatic N) is 7. The van der Waals surface area contributed by atoms with E-state index < -0.39 is 0 Å². The predicted molar refractivity (Wildman–Crippen MR) is 320 cm³/mol. The summed E-state index contributed by atoms with van der Waals surface area (Å²) in [6.07, 6.45) is 0. The van der Waals surface area contributed by atoms with Crippen LogP contribution in [0.3, 0.4) is 0 Å². The normalized spacial score (nSPS) is 11.7. The SMILES string of the molecule is N#Cc1ccccc1-c1ccc(-c2nc(-c3ccccc3)nc(-c3ccc(-c4ccccc4C#N)c(-n4c5ccccc5c5c6oc7ccccc7c6ccc54)c3)n2)cc1-n1c2ccccc2c2c3oc4ccccc4c3ccc21. The highest BCUT2D eigenvalue weighted by Crippen LogP contribution is 2.46. The van der Waals surface area contributed by atoms with Crippen molar-refractivity contribution in [1.29, 1.82) is 10.5 Å². The predicted octanol–water partition coefficient (Wildman–Crippen LogP) is 17.9. The van der Waals surface area contributed by atoms with Crippen LogP contribution < -0.4 is 0 Å². The molecule has 16 aromatic rings. The van der Waals surface area contributed by atoms with Crippen LogP contribution in [0.1, 0.15) is 11.1 Å². The van der Waals surface area contributed by atoms with Crippen LogP contribution in [0.5, 0.6) is 0 Å². The fourth-order valence-corrected chi connectivity index (χ4v) is 12.1. The summed E-state index contributed by atoms with van der Waals surface area (Å²) in [6.45, 7) is 0. The first-order valence-electron chi connectivity index (χ1n) is 26.4. The minimum absolute atomic E-state index is 0.459. The first kappa shape index (κ1) is 44.9. The first-order chi connectivity index (χ1) is 39.6. The summed E-state index contributed by atoms with van der Waals surface area (Å²) in [5, 5.41) is 29.4. The zero-order valence-electron chi connectivity index (χ0n) is 42.5. The van der Waals surface area contributed by atoms with Crippen molar-refractivity contribution < 1.29 is 8.83 Å². The highest BCUT2D eigenvalue weighted by molar-refractivity contribution is 6.25. The fraction of sp³-hybridized carbons (Fsp3) is 0. The van der Waals surface area contributed by atoms with Gasteiger partial charge in [0, 0.05) is 71.3 Å². The molecule has 9 nitrogen and oxygen atoms in total. The van der Waals surface area contributed by atoms with Gasteiger partial charge in [-0.25, -0.2) is 15.0 Å². The van der Waals surface area contributed by atoms with Crippen molar-refractivity contribution in [2.24, 2.45) is 0 Å². The Morgan fingerprint density at radius 3 is 1.19 bits per heavy atom. The van der Waals surface area contributed by atoms with Gasteiger partial charge in [-0.2, -0.15) is 10.5 Å². The van der Waals surface area contributed by atoms with Gasteiger partial charge in [0.1, 0.15) is 22.3 Å². The summed E-state index contributed by atoms with van der Waals surface area (Å²) in [7, 11) is 0. The number of rotatable bonds is 7. The minimum atomic E-state index is 0.459. The van der Waals surface area contributed by atoms with Gasteiger partial charge in [-0.15, -0.1) is 0 Å². The monoisotopic (exact) mass is 1020 g/mol. The van der Waals surface area contributed by atoms with Gasteiger partial charge in [0.2, 0.25) is 0 Å². The van der Waals surface area contributed by atoms with Crippen LogP contribution in [0.2, 0.25) is 0 Å². The van der Waals surface area contributed by atoms with Crippen LogP contribution in [-0.4, -0.2) is 24.1 Å². The quantitative estimate of drug-likeness (QED) is 0.156. The molecule has 0 aliphatic carbocycles. The van der Waals surface area contributed by atoms with Crippen LogP contribution in [0.25, 0.3) is 155 Å². The number of para-hydroxylation sites is 4. The summed E-state index contributed by atoms with van der Waals surface area (Å²) in [6, 6.07) is 84.6. The summed E-state index contributed by atoms with van der Waals surface area (Å²) in [5.74, 6) is 1.42. The van der Waals surface area contributed by atoms with Gasteiger partial charge in [-0.05, 0) is 72.8 Å². The smallest absolute Gasteiger partial charge is 0.164 e. The van der Waals surface area contributed by atoms with Crippen molar-refractivity contribution in [2.45, 2.75) is 0 Å². The van der Waals surface area contributed by atoms with Gasteiger partial charge in [0.05, 0.1) is 67.5 Å². The molecule has 0 amide bonds. The lowest BCUT2D eigenvalue weighted by atomic mass is 9.96. The summed E-state index contributed by atoms with van der Waals surface area (Å²) in [5.41, 5.74) is 15.5. The maximum absolute atomic E-state index is 10.6. The lowest BCUT2D eigenvalue weighted by Gasteiger charge is -2.18. The molecule has 0 N–H and O–H groups in total. The van der Waals surface area contributed by atoms with E-state index in [4.69, 9.17) is 23.8 Å². The molecule has 16 rings (SSSR count). The Morgan fingerprint density at radius 2 is 0.713 bits per heavy atom. The molecule has 0 unspecified atom stereocenters. The zero-order valence-corrected chi connectivity index (χ0v) is 42.5. The topological polar surface area (TPSA) is 122 Å². The molecule has 370 valence electrons. The molecule has 0 aliphatic heterocycles. The number of benzene rings is 11. The van der Waals surface area contributed by atoms with Crippen LogP contribution >= 0.6 is 0 Å². The molecular formula is C71H39N7O2. The molecule has 5 aromatic heterocycles. The van der Waals surface area contributed by atoms with Crippen molar-refractivity contribution in [2.75, 3.05) is 0 Å². The molecule has 0 spiro atoms. The van der Waals surface area contributed by atoms with Crippen molar-refractivity contribution >= 4 is 87.5 Å². The molecule has 0 atom stereocenters. The Bertz CT molecular complexity index is 5050. The lowest BCUT2D eigenvalue weighted by molar-refractivity contribution is 0.672. The Morgan fingerprint density at radius 1 is 0.312 bits per heavy atom. The third kappa shape index (κ3) is 6.72. The largest absolute Gasteiger partial charge is 0.455 e. The maximum atomic E-state index is 10.6. The van der Waals surface area contributed by atoms with E-state index in [1.54, 1.807) is 0 Å². The second-order valence-electron chi connectivity index (χ2n) is 20.0. The second kappa shape index (κ2) is 17.6. The zero-order chi connectivity index (χ0) is 53.0. The maximum Gasteiger partial charge on any atom is 0.164 e. The summed E-state index contributed by atoms with van der Waals surface area (Å²) in [4.78, 5) is 16.0. The van der Waals surface area contributed by atoms with Gasteiger partial charge in [0.25, 0.3) is 0 Å². The van der Waals surface area contributed by atoms with E-state index in [2.05, 4.69) is 130 Å². The van der Waals surface area contributed by atoms with Crippen molar-refractivity contribution in [3.05, 3.63) is 248 Å². The van der Waals surface area contributed by atoms with Gasteiger partial charge >= 0.3 is 0 Å². The molecule has 0 fully saturated rings. The molecule has 9 heteroatoms. The van der Waals surface area contributed by atoms with Crippen molar-refractivity contribution in [3.63, 3.8) is 0 Å². The average molecular weight is 1020 g/mol. The minimum Gasteiger partial charge on any atom is -0.455 e. The number of aromatic nitrogens is 5. The Balaban J connectivity index is 0.957. The molecule has 5 heterocycles. The summed E-state index contributed by atoms with van der Waals surface area (Å²) < 4.78 is 18.0. The number of furan rings is 2. The summed E-state index contributed by atoms with van der Waals surface area (Å²) >= 11 is 0. The van der Waals surface area contributed by atoms with Crippen molar-refractivity contribution in [3.8, 4) is 79.9 Å². The van der Waals surface area contributed by atoms with Crippen molar-refractivity contribution in [1.82, 2.24) is 24.1 Å². The van der Waals surface area contributed by atoms with Gasteiger partial charge < -0.3 is 18.0 Å². The van der Waals surface area contributed by atoms with Crippen LogP contribution in [0.4, 0.5) is 0 Å². The Hall–Kier alpha value is -11.4. The van der Waals surface area contributed by atoms with Gasteiger partial charge in [-0.1, -0.05) is 164 Å². The van der Waals surface area contributed by atoms with Crippen LogP contribution in [-0.2, 0) is 0 Å². The Kier molecular flexibility index (Phi) is 9.86. The third-order valence-electron chi connectivity index (χ3n) is 15.7. The fourth-order valence-electron chi connectivity index (χ4n) is 12.1. The molecule has 80 heavy (non-hydrogen) atoms. The average Bonchev–Trinajstić information content (AvgIpc) is 4.31. The molecule has 0 aliphatic rings. The second-order valence-corrected chi connectivity index (χ2v) is 20.0. The number of fused-ring (bicyclic) bond motifs is 14. The van der Waals surface area contributed by atoms with E-state index in [9.17, 15) is 10.5 Å². The van der Waals surface area contributed by atoms with Crippen LogP contribution in [0.15, 0.2) is 245 Å². The molecule has 0 bridgehead atoms. The highest BCUT2D eigenvalue weighted by Gasteiger charge is 2.25. The molecule has 11 aromatic carbocycles. The standard InChI is InChI=1S/C71H39N7O2/c72-40-45-18-4-6-20-47(45)49-32-30-43(38-61(49)77-57-26-12-8-24-55(57)65-59(77)36-34-53-51-22-10-14-28-63(51)79-67(53)65)70-74-69(42-16-2-1-3-17-42)75-71(76-70)44-31-33-50(48-21-7-5-19-46(48)41-73)62(39-44)78-58-27-13-9-25-56(58)66-60(78)37-35-54-52-23-11-15-29-64(52)80-68(54)66/h1-39H. The number of hydrogen-bond donors (Lipinski definition) is 0. The third-order valence-corrected chi connectivity index (χ3v) is 15.7. The van der Waals surface area contributed by atoms with E-state index in [-0.39, 0.29) is 0 Å². The first-order valence-corrected chi connectivity index (χ1v) is 26.4. The van der Waals surface area contributed by atoms with E-state index in [0.717, 1.165) is 138 Å². The highest BCUT2D eigenvalue weighted by atomic mass is 16.3. The van der Waals surface area contributed by atoms with E-state index in [0.29, 0.717) is 28.6 Å². The van der Waals surface area contributed by atoms with Gasteiger partial charge in [-0.3, -0.25) is 0 Å². The molecular weight excluding hydrogens is 983 g/mol.